The van der Waals surface area contributed by atoms with Gasteiger partial charge in [-0.05, 0) is 6.07 Å². The second-order valence-corrected chi connectivity index (χ2v) is 3.60. The molecule has 2 heterocycles. The van der Waals surface area contributed by atoms with Crippen molar-refractivity contribution in [3.8, 4) is 11.3 Å². The maximum absolute atomic E-state index is 11.0. The third-order valence-corrected chi connectivity index (χ3v) is 2.50. The largest absolute Gasteiger partial charge is 0.478 e. The SMILES string of the molecule is Cn1ncc(C(=O)O)c1-c1ccncc1Cl. The Labute approximate surface area is 96.3 Å². The van der Waals surface area contributed by atoms with E-state index in [0.29, 0.717) is 16.3 Å². The summed E-state index contributed by atoms with van der Waals surface area (Å²) in [4.78, 5) is 14.9. The molecule has 0 bridgehead atoms. The minimum atomic E-state index is -1.03. The van der Waals surface area contributed by atoms with Gasteiger partial charge in [0, 0.05) is 25.0 Å². The average molecular weight is 238 g/mol. The van der Waals surface area contributed by atoms with Gasteiger partial charge in [-0.2, -0.15) is 5.10 Å². The number of pyridine rings is 1. The minimum Gasteiger partial charge on any atom is -0.478 e. The molecular weight excluding hydrogens is 230 g/mol. The number of aromatic carboxylic acids is 1. The Balaban J connectivity index is 2.68. The Morgan fingerprint density at radius 3 is 2.88 bits per heavy atom. The van der Waals surface area contributed by atoms with Crippen LogP contribution in [0.3, 0.4) is 0 Å². The molecule has 82 valence electrons. The van der Waals surface area contributed by atoms with Crippen molar-refractivity contribution in [3.05, 3.63) is 35.2 Å². The minimum absolute atomic E-state index is 0.121. The monoisotopic (exact) mass is 237 g/mol. The van der Waals surface area contributed by atoms with E-state index in [1.807, 2.05) is 0 Å². The lowest BCUT2D eigenvalue weighted by Gasteiger charge is -2.05. The van der Waals surface area contributed by atoms with Gasteiger partial charge in [0.05, 0.1) is 16.9 Å². The Bertz CT molecular complexity index is 551. The maximum Gasteiger partial charge on any atom is 0.339 e. The first-order valence-electron chi connectivity index (χ1n) is 4.46. The lowest BCUT2D eigenvalue weighted by Crippen LogP contribution is -2.01. The highest BCUT2D eigenvalue weighted by atomic mass is 35.5. The van der Waals surface area contributed by atoms with Crippen LogP contribution in [0.1, 0.15) is 10.4 Å². The topological polar surface area (TPSA) is 68.0 Å². The van der Waals surface area contributed by atoms with Crippen LogP contribution >= 0.6 is 11.6 Å². The molecule has 16 heavy (non-hydrogen) atoms. The Kier molecular flexibility index (Phi) is 2.62. The molecule has 0 aromatic carbocycles. The lowest BCUT2D eigenvalue weighted by molar-refractivity contribution is 0.0697. The van der Waals surface area contributed by atoms with Crippen LogP contribution in [-0.4, -0.2) is 25.8 Å². The highest BCUT2D eigenvalue weighted by Crippen LogP contribution is 2.28. The molecule has 0 aliphatic rings. The number of rotatable bonds is 2. The fourth-order valence-corrected chi connectivity index (χ4v) is 1.69. The summed E-state index contributed by atoms with van der Waals surface area (Å²) >= 11 is 5.97. The predicted molar refractivity (Wildman–Crippen MR) is 58.4 cm³/mol. The first kappa shape index (κ1) is 10.6. The van der Waals surface area contributed by atoms with Gasteiger partial charge in [0.15, 0.2) is 0 Å². The van der Waals surface area contributed by atoms with E-state index >= 15 is 0 Å². The van der Waals surface area contributed by atoms with Crippen LogP contribution in [0.5, 0.6) is 0 Å². The number of carbonyl (C=O) groups is 1. The fraction of sp³-hybridized carbons (Fsp3) is 0.100. The summed E-state index contributed by atoms with van der Waals surface area (Å²) in [6.07, 6.45) is 4.32. The number of hydrogen-bond donors (Lipinski definition) is 1. The first-order valence-corrected chi connectivity index (χ1v) is 4.84. The Morgan fingerprint density at radius 1 is 1.50 bits per heavy atom. The van der Waals surface area contributed by atoms with Crippen LogP contribution in [0.2, 0.25) is 5.02 Å². The predicted octanol–water partition coefficient (Wildman–Crippen LogP) is 1.83. The number of halogens is 1. The summed E-state index contributed by atoms with van der Waals surface area (Å²) in [5.74, 6) is -1.03. The summed E-state index contributed by atoms with van der Waals surface area (Å²) in [7, 11) is 1.67. The molecule has 0 spiro atoms. The number of aryl methyl sites for hydroxylation is 1. The molecular formula is C10H8ClN3O2. The number of carboxylic acids is 1. The molecule has 0 aliphatic carbocycles. The molecule has 0 fully saturated rings. The molecule has 0 aliphatic heterocycles. The Morgan fingerprint density at radius 2 is 2.25 bits per heavy atom. The number of carboxylic acid groups (broad SMARTS) is 1. The van der Waals surface area contributed by atoms with Crippen LogP contribution in [0, 0.1) is 0 Å². The molecule has 0 saturated carbocycles. The second-order valence-electron chi connectivity index (χ2n) is 3.19. The third kappa shape index (κ3) is 1.65. The van der Waals surface area contributed by atoms with E-state index in [0.717, 1.165) is 0 Å². The molecule has 0 amide bonds. The third-order valence-electron chi connectivity index (χ3n) is 2.20. The van der Waals surface area contributed by atoms with Gasteiger partial charge in [0.2, 0.25) is 0 Å². The quantitative estimate of drug-likeness (QED) is 0.865. The van der Waals surface area contributed by atoms with Crippen molar-refractivity contribution in [3.63, 3.8) is 0 Å². The van der Waals surface area contributed by atoms with E-state index in [1.165, 1.54) is 17.1 Å². The number of hydrogen-bond acceptors (Lipinski definition) is 3. The second kappa shape index (κ2) is 3.94. The van der Waals surface area contributed by atoms with Crippen molar-refractivity contribution >= 4 is 17.6 Å². The van der Waals surface area contributed by atoms with Gasteiger partial charge in [-0.1, -0.05) is 11.6 Å². The van der Waals surface area contributed by atoms with E-state index in [-0.39, 0.29) is 5.56 Å². The van der Waals surface area contributed by atoms with Crippen LogP contribution in [-0.2, 0) is 7.05 Å². The van der Waals surface area contributed by atoms with E-state index in [4.69, 9.17) is 16.7 Å². The number of aromatic nitrogens is 3. The molecule has 0 unspecified atom stereocenters. The van der Waals surface area contributed by atoms with Crippen LogP contribution in [0.25, 0.3) is 11.3 Å². The molecule has 0 saturated heterocycles. The van der Waals surface area contributed by atoms with E-state index in [2.05, 4.69) is 10.1 Å². The molecule has 2 rings (SSSR count). The fourth-order valence-electron chi connectivity index (χ4n) is 1.48. The molecule has 5 nitrogen and oxygen atoms in total. The Hall–Kier alpha value is -1.88. The molecule has 0 atom stereocenters. The van der Waals surface area contributed by atoms with E-state index < -0.39 is 5.97 Å². The van der Waals surface area contributed by atoms with Crippen molar-refractivity contribution < 1.29 is 9.90 Å². The van der Waals surface area contributed by atoms with Crippen molar-refractivity contribution in [1.29, 1.82) is 0 Å². The van der Waals surface area contributed by atoms with Gasteiger partial charge < -0.3 is 5.11 Å². The molecule has 2 aromatic heterocycles. The average Bonchev–Trinajstić information content (AvgIpc) is 2.61. The van der Waals surface area contributed by atoms with Gasteiger partial charge >= 0.3 is 5.97 Å². The summed E-state index contributed by atoms with van der Waals surface area (Å²) < 4.78 is 1.48. The van der Waals surface area contributed by atoms with Crippen LogP contribution in [0.15, 0.2) is 24.7 Å². The van der Waals surface area contributed by atoms with Crippen molar-refractivity contribution in [1.82, 2.24) is 14.8 Å². The van der Waals surface area contributed by atoms with Crippen LogP contribution in [0.4, 0.5) is 0 Å². The zero-order valence-corrected chi connectivity index (χ0v) is 9.14. The molecule has 0 radical (unpaired) electrons. The maximum atomic E-state index is 11.0. The number of nitrogens with zero attached hydrogens (tertiary/aromatic N) is 3. The van der Waals surface area contributed by atoms with E-state index in [9.17, 15) is 4.79 Å². The van der Waals surface area contributed by atoms with Gasteiger partial charge in [-0.15, -0.1) is 0 Å². The van der Waals surface area contributed by atoms with Gasteiger partial charge in [-0.25, -0.2) is 4.79 Å². The summed E-state index contributed by atoms with van der Waals surface area (Å²) in [5.41, 5.74) is 1.20. The van der Waals surface area contributed by atoms with Gasteiger partial charge in [-0.3, -0.25) is 9.67 Å². The molecule has 1 N–H and O–H groups in total. The van der Waals surface area contributed by atoms with Gasteiger partial charge in [0.1, 0.15) is 5.56 Å². The van der Waals surface area contributed by atoms with Crippen molar-refractivity contribution in [2.75, 3.05) is 0 Å². The highest BCUT2D eigenvalue weighted by Gasteiger charge is 2.18. The van der Waals surface area contributed by atoms with E-state index in [1.54, 1.807) is 19.3 Å². The smallest absolute Gasteiger partial charge is 0.339 e. The van der Waals surface area contributed by atoms with Gasteiger partial charge in [0.25, 0.3) is 0 Å². The zero-order valence-electron chi connectivity index (χ0n) is 8.38. The molecule has 6 heteroatoms. The first-order chi connectivity index (χ1) is 7.61. The van der Waals surface area contributed by atoms with Crippen molar-refractivity contribution in [2.24, 2.45) is 7.05 Å². The normalized spacial score (nSPS) is 10.4. The van der Waals surface area contributed by atoms with Crippen molar-refractivity contribution in [2.45, 2.75) is 0 Å². The highest BCUT2D eigenvalue weighted by molar-refractivity contribution is 6.33. The summed E-state index contributed by atoms with van der Waals surface area (Å²) in [5, 5.41) is 13.3. The molecule has 2 aromatic rings. The lowest BCUT2D eigenvalue weighted by atomic mass is 10.1. The standard InChI is InChI=1S/C10H8ClN3O2/c1-14-9(7(4-13-14)10(15)16)6-2-3-12-5-8(6)11/h2-5H,1H3,(H,15,16). The summed E-state index contributed by atoms with van der Waals surface area (Å²) in [6.45, 7) is 0. The summed E-state index contributed by atoms with van der Waals surface area (Å²) in [6, 6.07) is 1.66. The zero-order chi connectivity index (χ0) is 11.7. The van der Waals surface area contributed by atoms with Crippen LogP contribution < -0.4 is 0 Å².